The summed E-state index contributed by atoms with van der Waals surface area (Å²) in [6.07, 6.45) is -0.203. The minimum absolute atomic E-state index is 0.152. The lowest BCUT2D eigenvalue weighted by atomic mass is 9.95. The van der Waals surface area contributed by atoms with Crippen LogP contribution in [0.2, 0.25) is 0 Å². The first-order chi connectivity index (χ1) is 8.39. The third kappa shape index (κ3) is 3.23. The molecule has 0 saturated heterocycles. The van der Waals surface area contributed by atoms with E-state index in [9.17, 15) is 14.7 Å². The van der Waals surface area contributed by atoms with Crippen LogP contribution in [0.3, 0.4) is 0 Å². The Morgan fingerprint density at radius 3 is 2.28 bits per heavy atom. The second kappa shape index (κ2) is 5.53. The summed E-state index contributed by atoms with van der Waals surface area (Å²) in [4.78, 5) is 22.3. The van der Waals surface area contributed by atoms with Crippen LogP contribution < -0.4 is 10.5 Å². The van der Waals surface area contributed by atoms with Gasteiger partial charge in [-0.25, -0.2) is 4.79 Å². The van der Waals surface area contributed by atoms with Gasteiger partial charge in [-0.15, -0.1) is 0 Å². The number of aliphatic carboxylic acids is 1. The van der Waals surface area contributed by atoms with Gasteiger partial charge in [0.15, 0.2) is 0 Å². The van der Waals surface area contributed by atoms with E-state index in [1.165, 1.54) is 0 Å². The molecule has 5 nitrogen and oxygen atoms in total. The van der Waals surface area contributed by atoms with Crippen LogP contribution in [0.1, 0.15) is 25.3 Å². The molecule has 0 aliphatic carbocycles. The van der Waals surface area contributed by atoms with Crippen LogP contribution in [0.4, 0.5) is 0 Å². The van der Waals surface area contributed by atoms with Crippen molar-refractivity contribution < 1.29 is 19.4 Å². The highest BCUT2D eigenvalue weighted by molar-refractivity contribution is 5.86. The Balaban J connectivity index is 3.00. The number of carbonyl (C=O) groups excluding carboxylic acids is 1. The van der Waals surface area contributed by atoms with Crippen molar-refractivity contribution in [3.8, 4) is 5.75 Å². The maximum absolute atomic E-state index is 11.3. The molecule has 0 bridgehead atoms. The number of amides is 1. The number of benzene rings is 1. The molecule has 0 heterocycles. The summed E-state index contributed by atoms with van der Waals surface area (Å²) in [7, 11) is 0. The Labute approximate surface area is 106 Å². The Morgan fingerprint density at radius 2 is 1.89 bits per heavy atom. The van der Waals surface area contributed by atoms with E-state index in [2.05, 4.69) is 0 Å². The van der Waals surface area contributed by atoms with Crippen molar-refractivity contribution in [2.75, 3.05) is 0 Å². The van der Waals surface area contributed by atoms with E-state index in [-0.39, 0.29) is 12.8 Å². The standard InChI is InChI=1S/C13H17NO4/c1-3-13(12(16)17,8-11(14)15)18-10-6-4-9(2)5-7-10/h4-7H,3,8H2,1-2H3,(H2,14,15)(H,16,17). The number of carboxylic acids is 1. The van der Waals surface area contributed by atoms with E-state index in [4.69, 9.17) is 10.5 Å². The van der Waals surface area contributed by atoms with Crippen LogP contribution in [-0.4, -0.2) is 22.6 Å². The van der Waals surface area contributed by atoms with Crippen molar-refractivity contribution >= 4 is 11.9 Å². The molecule has 0 radical (unpaired) electrons. The fraction of sp³-hybridized carbons (Fsp3) is 0.385. The Bertz CT molecular complexity index is 441. The molecule has 0 aliphatic heterocycles. The van der Waals surface area contributed by atoms with Crippen molar-refractivity contribution in [2.24, 2.45) is 5.73 Å². The number of rotatable bonds is 6. The molecule has 18 heavy (non-hydrogen) atoms. The summed E-state index contributed by atoms with van der Waals surface area (Å²) in [5, 5.41) is 9.26. The third-order valence-electron chi connectivity index (χ3n) is 2.75. The van der Waals surface area contributed by atoms with Gasteiger partial charge in [-0.3, -0.25) is 4.79 Å². The number of carboxylic acid groups (broad SMARTS) is 1. The largest absolute Gasteiger partial charge is 0.478 e. The van der Waals surface area contributed by atoms with Gasteiger partial charge in [-0.1, -0.05) is 24.6 Å². The molecule has 98 valence electrons. The fourth-order valence-corrected chi connectivity index (χ4v) is 1.62. The molecule has 0 saturated carbocycles. The van der Waals surface area contributed by atoms with Crippen LogP contribution >= 0.6 is 0 Å². The number of primary amides is 1. The molecular weight excluding hydrogens is 234 g/mol. The second-order valence-corrected chi connectivity index (χ2v) is 4.21. The smallest absolute Gasteiger partial charge is 0.348 e. The molecule has 1 unspecified atom stereocenters. The molecule has 1 amide bonds. The number of hydrogen-bond acceptors (Lipinski definition) is 3. The number of hydrogen-bond donors (Lipinski definition) is 2. The van der Waals surface area contributed by atoms with E-state index in [1.54, 1.807) is 19.1 Å². The Hall–Kier alpha value is -2.04. The van der Waals surface area contributed by atoms with Crippen molar-refractivity contribution in [3.63, 3.8) is 0 Å². The summed E-state index contributed by atoms with van der Waals surface area (Å²) in [6, 6.07) is 6.96. The van der Waals surface area contributed by atoms with Gasteiger partial charge in [0.1, 0.15) is 5.75 Å². The fourth-order valence-electron chi connectivity index (χ4n) is 1.62. The van der Waals surface area contributed by atoms with Gasteiger partial charge in [0, 0.05) is 0 Å². The molecule has 0 aliphatic rings. The zero-order chi connectivity index (χ0) is 13.8. The predicted molar refractivity (Wildman–Crippen MR) is 66.3 cm³/mol. The van der Waals surface area contributed by atoms with E-state index >= 15 is 0 Å². The average Bonchev–Trinajstić information content (AvgIpc) is 2.30. The predicted octanol–water partition coefficient (Wildman–Crippen LogP) is 1.48. The summed E-state index contributed by atoms with van der Waals surface area (Å²) < 4.78 is 5.48. The number of nitrogens with two attached hydrogens (primary N) is 1. The van der Waals surface area contributed by atoms with Gasteiger partial charge in [0.05, 0.1) is 6.42 Å². The number of carbonyl (C=O) groups is 2. The lowest BCUT2D eigenvalue weighted by Gasteiger charge is -2.28. The van der Waals surface area contributed by atoms with Gasteiger partial charge >= 0.3 is 5.97 Å². The molecule has 1 atom stereocenters. The Kier molecular flexibility index (Phi) is 4.31. The lowest BCUT2D eigenvalue weighted by molar-refractivity contribution is -0.158. The highest BCUT2D eigenvalue weighted by atomic mass is 16.5. The van der Waals surface area contributed by atoms with Crippen molar-refractivity contribution in [3.05, 3.63) is 29.8 Å². The molecule has 0 fully saturated rings. The normalized spacial score (nSPS) is 13.7. The molecule has 1 aromatic carbocycles. The van der Waals surface area contributed by atoms with E-state index in [1.807, 2.05) is 19.1 Å². The molecule has 1 aromatic rings. The quantitative estimate of drug-likeness (QED) is 0.801. The molecule has 0 aromatic heterocycles. The Morgan fingerprint density at radius 1 is 1.33 bits per heavy atom. The monoisotopic (exact) mass is 251 g/mol. The summed E-state index contributed by atoms with van der Waals surface area (Å²) in [5.41, 5.74) is 4.53. The zero-order valence-electron chi connectivity index (χ0n) is 10.5. The summed E-state index contributed by atoms with van der Waals surface area (Å²) in [5.74, 6) is -1.48. The van der Waals surface area contributed by atoms with Crippen LogP contribution in [-0.2, 0) is 9.59 Å². The first-order valence-corrected chi connectivity index (χ1v) is 5.67. The number of ether oxygens (including phenoxy) is 1. The highest BCUT2D eigenvalue weighted by Crippen LogP contribution is 2.25. The first kappa shape index (κ1) is 14.0. The van der Waals surface area contributed by atoms with Gasteiger partial charge in [-0.2, -0.15) is 0 Å². The van der Waals surface area contributed by atoms with Crippen LogP contribution in [0.15, 0.2) is 24.3 Å². The molecule has 3 N–H and O–H groups in total. The van der Waals surface area contributed by atoms with Crippen LogP contribution in [0.5, 0.6) is 5.75 Å². The van der Waals surface area contributed by atoms with Crippen LogP contribution in [0, 0.1) is 6.92 Å². The van der Waals surface area contributed by atoms with E-state index in [0.717, 1.165) is 5.56 Å². The topological polar surface area (TPSA) is 89.6 Å². The van der Waals surface area contributed by atoms with E-state index < -0.39 is 17.5 Å². The highest BCUT2D eigenvalue weighted by Gasteiger charge is 2.41. The van der Waals surface area contributed by atoms with Gasteiger partial charge in [0.2, 0.25) is 11.5 Å². The van der Waals surface area contributed by atoms with Gasteiger partial charge in [-0.05, 0) is 25.5 Å². The minimum Gasteiger partial charge on any atom is -0.478 e. The van der Waals surface area contributed by atoms with Gasteiger partial charge in [0.25, 0.3) is 0 Å². The van der Waals surface area contributed by atoms with Crippen molar-refractivity contribution in [2.45, 2.75) is 32.3 Å². The second-order valence-electron chi connectivity index (χ2n) is 4.21. The third-order valence-corrected chi connectivity index (χ3v) is 2.75. The van der Waals surface area contributed by atoms with Gasteiger partial charge < -0.3 is 15.6 Å². The molecule has 0 spiro atoms. The summed E-state index contributed by atoms with van der Waals surface area (Å²) >= 11 is 0. The lowest BCUT2D eigenvalue weighted by Crippen LogP contribution is -2.47. The van der Waals surface area contributed by atoms with Crippen molar-refractivity contribution in [1.29, 1.82) is 0 Å². The maximum atomic E-state index is 11.3. The van der Waals surface area contributed by atoms with E-state index in [0.29, 0.717) is 5.75 Å². The maximum Gasteiger partial charge on any atom is 0.348 e. The minimum atomic E-state index is -1.60. The average molecular weight is 251 g/mol. The summed E-state index contributed by atoms with van der Waals surface area (Å²) in [6.45, 7) is 3.56. The number of aryl methyl sites for hydroxylation is 1. The molecule has 1 rings (SSSR count). The zero-order valence-corrected chi connectivity index (χ0v) is 10.5. The SMILES string of the molecule is CCC(CC(N)=O)(Oc1ccc(C)cc1)C(=O)O. The van der Waals surface area contributed by atoms with Crippen LogP contribution in [0.25, 0.3) is 0 Å². The van der Waals surface area contributed by atoms with Crippen molar-refractivity contribution in [1.82, 2.24) is 0 Å². The molecular formula is C13H17NO4. The molecule has 5 heteroatoms. The first-order valence-electron chi connectivity index (χ1n) is 5.67.